The van der Waals surface area contributed by atoms with Gasteiger partial charge in [-0.3, -0.25) is 4.98 Å². The molecule has 1 aliphatic heterocycles. The number of piperazine rings is 1. The van der Waals surface area contributed by atoms with Crippen LogP contribution in [0.1, 0.15) is 11.9 Å². The smallest absolute Gasteiger partial charge is 0.125 e. The predicted molar refractivity (Wildman–Crippen MR) is 62.1 cm³/mol. The summed E-state index contributed by atoms with van der Waals surface area (Å²) in [5.74, 6) is 1.01. The van der Waals surface area contributed by atoms with Gasteiger partial charge < -0.3 is 15.2 Å². The minimum absolute atomic E-state index is 0.297. The number of hydrogen-bond acceptors (Lipinski definition) is 4. The van der Waals surface area contributed by atoms with E-state index in [-0.39, 0.29) is 0 Å². The molecule has 1 saturated heterocycles. The molecule has 0 saturated carbocycles. The first-order chi connectivity index (χ1) is 7.83. The van der Waals surface area contributed by atoms with E-state index >= 15 is 0 Å². The maximum Gasteiger partial charge on any atom is 0.125 e. The number of rotatable bonds is 1. The van der Waals surface area contributed by atoms with Crippen LogP contribution in [0.4, 0.5) is 0 Å². The van der Waals surface area contributed by atoms with E-state index in [0.717, 1.165) is 36.5 Å². The maximum absolute atomic E-state index is 4.59. The van der Waals surface area contributed by atoms with Crippen molar-refractivity contribution in [2.24, 2.45) is 0 Å². The lowest BCUT2D eigenvalue weighted by Crippen LogP contribution is -2.44. The Kier molecular flexibility index (Phi) is 2.34. The van der Waals surface area contributed by atoms with Crippen molar-refractivity contribution in [2.45, 2.75) is 6.04 Å². The largest absolute Gasteiger partial charge is 0.339 e. The van der Waals surface area contributed by atoms with Crippen molar-refractivity contribution in [2.75, 3.05) is 26.7 Å². The Balaban J connectivity index is 1.93. The van der Waals surface area contributed by atoms with Crippen LogP contribution in [0, 0.1) is 0 Å². The number of nitrogens with zero attached hydrogens (tertiary/aromatic N) is 3. The fourth-order valence-corrected chi connectivity index (χ4v) is 2.12. The molecule has 1 unspecified atom stereocenters. The molecule has 1 aliphatic rings. The van der Waals surface area contributed by atoms with Crippen molar-refractivity contribution < 1.29 is 0 Å². The van der Waals surface area contributed by atoms with E-state index in [4.69, 9.17) is 0 Å². The number of nitrogens with one attached hydrogen (secondary N) is 2. The highest BCUT2D eigenvalue weighted by Crippen LogP contribution is 2.17. The summed E-state index contributed by atoms with van der Waals surface area (Å²) in [5, 5.41) is 3.47. The average Bonchev–Trinajstić information content (AvgIpc) is 2.72. The van der Waals surface area contributed by atoms with Crippen molar-refractivity contribution in [1.29, 1.82) is 0 Å². The molecule has 5 nitrogen and oxygen atoms in total. The lowest BCUT2D eigenvalue weighted by molar-refractivity contribution is 0.236. The Morgan fingerprint density at radius 1 is 1.50 bits per heavy atom. The number of likely N-dealkylation sites (N-methyl/N-ethyl adjacent to an activating group) is 1. The van der Waals surface area contributed by atoms with E-state index in [1.54, 1.807) is 6.20 Å². The summed E-state index contributed by atoms with van der Waals surface area (Å²) >= 11 is 0. The third-order valence-electron chi connectivity index (χ3n) is 3.01. The first-order valence-electron chi connectivity index (χ1n) is 5.54. The monoisotopic (exact) mass is 217 g/mol. The van der Waals surface area contributed by atoms with Crippen LogP contribution in [-0.2, 0) is 0 Å². The van der Waals surface area contributed by atoms with Gasteiger partial charge >= 0.3 is 0 Å². The van der Waals surface area contributed by atoms with Crippen LogP contribution in [0.5, 0.6) is 0 Å². The molecule has 84 valence electrons. The molecule has 0 bridgehead atoms. The standard InChI is InChI=1S/C11H15N5/c1-16-5-4-13-10(7-16)11-14-8-2-3-12-6-9(8)15-11/h2-3,6,10,13H,4-5,7H2,1H3,(H,14,15). The molecule has 2 aromatic rings. The molecule has 1 atom stereocenters. The van der Waals surface area contributed by atoms with Crippen LogP contribution in [0.15, 0.2) is 18.5 Å². The van der Waals surface area contributed by atoms with Gasteiger partial charge in [0.05, 0.1) is 23.3 Å². The molecule has 1 fully saturated rings. The van der Waals surface area contributed by atoms with E-state index < -0.39 is 0 Å². The van der Waals surface area contributed by atoms with Gasteiger partial charge in [0.1, 0.15) is 5.82 Å². The molecule has 0 radical (unpaired) electrons. The highest BCUT2D eigenvalue weighted by molar-refractivity contribution is 5.73. The number of aromatic nitrogens is 3. The summed E-state index contributed by atoms with van der Waals surface area (Å²) in [4.78, 5) is 14.3. The lowest BCUT2D eigenvalue weighted by atomic mass is 10.2. The maximum atomic E-state index is 4.59. The Labute approximate surface area is 93.9 Å². The molecular formula is C11H15N5. The molecular weight excluding hydrogens is 202 g/mol. The van der Waals surface area contributed by atoms with Crippen LogP contribution in [0.2, 0.25) is 0 Å². The quantitative estimate of drug-likeness (QED) is 0.731. The van der Waals surface area contributed by atoms with Crippen molar-refractivity contribution in [3.63, 3.8) is 0 Å². The van der Waals surface area contributed by atoms with Crippen LogP contribution in [-0.4, -0.2) is 46.5 Å². The third-order valence-corrected chi connectivity index (χ3v) is 3.01. The van der Waals surface area contributed by atoms with Crippen molar-refractivity contribution in [3.8, 4) is 0 Å². The second-order valence-corrected chi connectivity index (χ2v) is 4.28. The van der Waals surface area contributed by atoms with Gasteiger partial charge in [0.2, 0.25) is 0 Å². The van der Waals surface area contributed by atoms with E-state index in [1.165, 1.54) is 0 Å². The number of fused-ring (bicyclic) bond motifs is 1. The summed E-state index contributed by atoms with van der Waals surface area (Å²) in [5.41, 5.74) is 1.99. The molecule has 2 aromatic heterocycles. The highest BCUT2D eigenvalue weighted by Gasteiger charge is 2.20. The fourth-order valence-electron chi connectivity index (χ4n) is 2.12. The normalized spacial score (nSPS) is 22.7. The number of pyridine rings is 1. The summed E-state index contributed by atoms with van der Waals surface area (Å²) in [6.07, 6.45) is 3.59. The highest BCUT2D eigenvalue weighted by atomic mass is 15.2. The zero-order chi connectivity index (χ0) is 11.0. The molecule has 0 spiro atoms. The van der Waals surface area contributed by atoms with E-state index in [1.807, 2.05) is 12.3 Å². The molecule has 3 rings (SSSR count). The molecule has 0 amide bonds. The summed E-state index contributed by atoms with van der Waals surface area (Å²) in [6.45, 7) is 3.10. The topological polar surface area (TPSA) is 56.8 Å². The van der Waals surface area contributed by atoms with E-state index in [9.17, 15) is 0 Å². The number of H-pyrrole nitrogens is 1. The minimum Gasteiger partial charge on any atom is -0.339 e. The zero-order valence-electron chi connectivity index (χ0n) is 9.27. The van der Waals surface area contributed by atoms with Crippen LogP contribution in [0.25, 0.3) is 11.0 Å². The molecule has 16 heavy (non-hydrogen) atoms. The molecule has 2 N–H and O–H groups in total. The van der Waals surface area contributed by atoms with Crippen LogP contribution >= 0.6 is 0 Å². The fraction of sp³-hybridized carbons (Fsp3) is 0.455. The van der Waals surface area contributed by atoms with Gasteiger partial charge in [-0.25, -0.2) is 4.98 Å². The van der Waals surface area contributed by atoms with Crippen LogP contribution in [0.3, 0.4) is 0 Å². The van der Waals surface area contributed by atoms with E-state index in [0.29, 0.717) is 6.04 Å². The Morgan fingerprint density at radius 3 is 3.25 bits per heavy atom. The Hall–Kier alpha value is -1.46. The molecule has 3 heterocycles. The van der Waals surface area contributed by atoms with Gasteiger partial charge in [-0.05, 0) is 13.1 Å². The second-order valence-electron chi connectivity index (χ2n) is 4.28. The van der Waals surface area contributed by atoms with Gasteiger partial charge in [0.15, 0.2) is 0 Å². The lowest BCUT2D eigenvalue weighted by Gasteiger charge is -2.29. The average molecular weight is 217 g/mol. The van der Waals surface area contributed by atoms with Crippen molar-refractivity contribution in [1.82, 2.24) is 25.2 Å². The summed E-state index contributed by atoms with van der Waals surface area (Å²) in [7, 11) is 2.14. The third kappa shape index (κ3) is 1.68. The molecule has 0 aliphatic carbocycles. The summed E-state index contributed by atoms with van der Waals surface area (Å²) < 4.78 is 0. The molecule has 0 aromatic carbocycles. The predicted octanol–water partition coefficient (Wildman–Crippen LogP) is 0.534. The summed E-state index contributed by atoms with van der Waals surface area (Å²) in [6, 6.07) is 2.23. The number of aromatic amines is 1. The number of hydrogen-bond donors (Lipinski definition) is 2. The van der Waals surface area contributed by atoms with Gasteiger partial charge in [-0.15, -0.1) is 0 Å². The Bertz CT molecular complexity index is 459. The van der Waals surface area contributed by atoms with E-state index in [2.05, 4.69) is 32.2 Å². The Morgan fingerprint density at radius 2 is 2.44 bits per heavy atom. The van der Waals surface area contributed by atoms with Gasteiger partial charge in [-0.2, -0.15) is 0 Å². The van der Waals surface area contributed by atoms with Crippen LogP contribution < -0.4 is 5.32 Å². The van der Waals surface area contributed by atoms with Gasteiger partial charge in [0, 0.05) is 25.8 Å². The number of imidazole rings is 1. The first kappa shape index (κ1) is 9.74. The second kappa shape index (κ2) is 3.84. The minimum atomic E-state index is 0.297. The molecule has 5 heteroatoms. The SMILES string of the molecule is CN1CCNC(c2nc3ccncc3[nH]2)C1. The van der Waals surface area contributed by atoms with Gasteiger partial charge in [-0.1, -0.05) is 0 Å². The van der Waals surface area contributed by atoms with Gasteiger partial charge in [0.25, 0.3) is 0 Å². The zero-order valence-corrected chi connectivity index (χ0v) is 9.27. The van der Waals surface area contributed by atoms with Crippen molar-refractivity contribution >= 4 is 11.0 Å². The first-order valence-corrected chi connectivity index (χ1v) is 5.54. The van der Waals surface area contributed by atoms with Crippen molar-refractivity contribution in [3.05, 3.63) is 24.3 Å².